The number of carbonyl (C=O) groups is 1. The molecule has 1 saturated carbocycles. The van der Waals surface area contributed by atoms with Crippen molar-refractivity contribution < 1.29 is 13.9 Å². The molecule has 0 aliphatic heterocycles. The summed E-state index contributed by atoms with van der Waals surface area (Å²) in [6.45, 7) is 2.05. The van der Waals surface area contributed by atoms with Crippen LogP contribution in [0, 0.1) is 5.82 Å². The van der Waals surface area contributed by atoms with Gasteiger partial charge in [0.2, 0.25) is 11.0 Å². The molecule has 23 heavy (non-hydrogen) atoms. The van der Waals surface area contributed by atoms with Gasteiger partial charge >= 0.3 is 0 Å². The van der Waals surface area contributed by atoms with Gasteiger partial charge in [0.25, 0.3) is 0 Å². The van der Waals surface area contributed by atoms with E-state index in [-0.39, 0.29) is 11.7 Å². The molecular formula is C15H16FN3O2S2. The molecule has 1 aliphatic rings. The van der Waals surface area contributed by atoms with Crippen LogP contribution in [0.15, 0.2) is 28.6 Å². The molecule has 0 unspecified atom stereocenters. The molecule has 122 valence electrons. The van der Waals surface area contributed by atoms with Crippen LogP contribution in [0.3, 0.4) is 0 Å². The van der Waals surface area contributed by atoms with E-state index < -0.39 is 0 Å². The van der Waals surface area contributed by atoms with Gasteiger partial charge < -0.3 is 4.74 Å². The number of amides is 1. The molecule has 1 aliphatic carbocycles. The molecule has 0 bridgehead atoms. The Labute approximate surface area is 141 Å². The zero-order valence-electron chi connectivity index (χ0n) is 12.6. The third-order valence-corrected chi connectivity index (χ3v) is 5.26. The molecule has 8 heteroatoms. The number of ether oxygens (including phenoxy) is 1. The van der Waals surface area contributed by atoms with Crippen molar-refractivity contribution in [3.05, 3.63) is 30.1 Å². The number of hydrogen-bond acceptors (Lipinski definition) is 6. The molecular weight excluding hydrogens is 337 g/mol. The molecule has 3 rings (SSSR count). The molecule has 0 saturated heterocycles. The summed E-state index contributed by atoms with van der Waals surface area (Å²) >= 11 is 2.96. The molecule has 5 nitrogen and oxygen atoms in total. The van der Waals surface area contributed by atoms with E-state index in [0.29, 0.717) is 29.3 Å². The predicted octanol–water partition coefficient (Wildman–Crippen LogP) is 3.36. The van der Waals surface area contributed by atoms with Crippen molar-refractivity contribution in [1.29, 1.82) is 0 Å². The predicted molar refractivity (Wildman–Crippen MR) is 88.7 cm³/mol. The minimum atomic E-state index is -0.279. The van der Waals surface area contributed by atoms with Crippen molar-refractivity contribution in [3.8, 4) is 5.75 Å². The van der Waals surface area contributed by atoms with Crippen molar-refractivity contribution in [2.24, 2.45) is 0 Å². The summed E-state index contributed by atoms with van der Waals surface area (Å²) in [6, 6.07) is 6.23. The number of hydrogen-bond donors (Lipinski definition) is 0. The fraction of sp³-hybridized carbons (Fsp3) is 0.400. The van der Waals surface area contributed by atoms with Crippen LogP contribution >= 0.6 is 23.1 Å². The van der Waals surface area contributed by atoms with Gasteiger partial charge in [-0.3, -0.25) is 9.69 Å². The normalized spacial score (nSPS) is 13.8. The van der Waals surface area contributed by atoms with Gasteiger partial charge in [0.05, 0.1) is 6.61 Å². The molecule has 1 aromatic heterocycles. The SMILES string of the molecule is CC(=O)N(c1nnc(SCCOc2ccc(F)cc2)s1)C1CC1. The Hall–Kier alpha value is -1.67. The van der Waals surface area contributed by atoms with Crippen molar-refractivity contribution in [1.82, 2.24) is 10.2 Å². The first-order valence-corrected chi connectivity index (χ1v) is 9.08. The first-order chi connectivity index (χ1) is 11.1. The van der Waals surface area contributed by atoms with E-state index >= 15 is 0 Å². The first kappa shape index (κ1) is 16.2. The Kier molecular flexibility index (Phi) is 5.12. The Balaban J connectivity index is 1.47. The van der Waals surface area contributed by atoms with E-state index in [1.54, 1.807) is 24.0 Å². The number of rotatable bonds is 7. The highest BCUT2D eigenvalue weighted by atomic mass is 32.2. The minimum absolute atomic E-state index is 0.0137. The summed E-state index contributed by atoms with van der Waals surface area (Å²) in [7, 11) is 0. The van der Waals surface area contributed by atoms with E-state index in [0.717, 1.165) is 17.2 Å². The first-order valence-electron chi connectivity index (χ1n) is 7.28. The van der Waals surface area contributed by atoms with Crippen LogP contribution in [0.25, 0.3) is 0 Å². The Morgan fingerprint density at radius 1 is 1.39 bits per heavy atom. The van der Waals surface area contributed by atoms with Crippen LogP contribution in [0.4, 0.5) is 9.52 Å². The van der Waals surface area contributed by atoms with E-state index in [1.807, 2.05) is 0 Å². The van der Waals surface area contributed by atoms with Gasteiger partial charge in [-0.05, 0) is 37.1 Å². The second kappa shape index (κ2) is 7.27. The maximum absolute atomic E-state index is 12.8. The topological polar surface area (TPSA) is 55.3 Å². The standard InChI is InChI=1S/C15H16FN3O2S2/c1-10(20)19(12-4-5-12)14-17-18-15(23-14)22-9-8-21-13-6-2-11(16)3-7-13/h2-3,6-7,12H,4-5,8-9H2,1H3. The van der Waals surface area contributed by atoms with Crippen LogP contribution in [0.2, 0.25) is 0 Å². The quantitative estimate of drug-likeness (QED) is 0.434. The number of thioether (sulfide) groups is 1. The van der Waals surface area contributed by atoms with Gasteiger partial charge in [-0.1, -0.05) is 23.1 Å². The highest BCUT2D eigenvalue weighted by Gasteiger charge is 2.34. The van der Waals surface area contributed by atoms with Crippen LogP contribution in [0.5, 0.6) is 5.75 Å². The maximum Gasteiger partial charge on any atom is 0.225 e. The van der Waals surface area contributed by atoms with Crippen molar-refractivity contribution in [2.75, 3.05) is 17.3 Å². The lowest BCUT2D eigenvalue weighted by Gasteiger charge is -2.15. The summed E-state index contributed by atoms with van der Waals surface area (Å²) in [5, 5.41) is 8.90. The number of benzene rings is 1. The molecule has 0 radical (unpaired) electrons. The van der Waals surface area contributed by atoms with Gasteiger partial charge in [-0.25, -0.2) is 4.39 Å². The van der Waals surface area contributed by atoms with Gasteiger partial charge in [0, 0.05) is 18.7 Å². The van der Waals surface area contributed by atoms with Crippen molar-refractivity contribution in [2.45, 2.75) is 30.1 Å². The summed E-state index contributed by atoms with van der Waals surface area (Å²) < 4.78 is 19.1. The lowest BCUT2D eigenvalue weighted by Crippen LogP contribution is -2.30. The van der Waals surface area contributed by atoms with Crippen molar-refractivity contribution >= 4 is 34.1 Å². The van der Waals surface area contributed by atoms with Gasteiger partial charge in [-0.15, -0.1) is 10.2 Å². The molecule has 1 heterocycles. The number of nitrogens with zero attached hydrogens (tertiary/aromatic N) is 3. The summed E-state index contributed by atoms with van der Waals surface area (Å²) in [5.41, 5.74) is 0. The smallest absolute Gasteiger partial charge is 0.225 e. The zero-order valence-corrected chi connectivity index (χ0v) is 14.2. The molecule has 1 aromatic carbocycles. The van der Waals surface area contributed by atoms with Crippen molar-refractivity contribution in [3.63, 3.8) is 0 Å². The Bertz CT molecular complexity index is 674. The average Bonchev–Trinajstić information content (AvgIpc) is 3.24. The number of anilines is 1. The highest BCUT2D eigenvalue weighted by Crippen LogP contribution is 2.35. The average molecular weight is 353 g/mol. The van der Waals surface area contributed by atoms with E-state index in [4.69, 9.17) is 4.74 Å². The van der Waals surface area contributed by atoms with E-state index in [2.05, 4.69) is 10.2 Å². The second-order valence-electron chi connectivity index (χ2n) is 5.12. The molecule has 0 atom stereocenters. The van der Waals surface area contributed by atoms with Gasteiger partial charge in [-0.2, -0.15) is 0 Å². The molecule has 0 N–H and O–H groups in total. The molecule has 1 amide bonds. The summed E-state index contributed by atoms with van der Waals surface area (Å²) in [5.74, 6) is 1.08. The lowest BCUT2D eigenvalue weighted by molar-refractivity contribution is -0.116. The van der Waals surface area contributed by atoms with Gasteiger partial charge in [0.15, 0.2) is 4.34 Å². The van der Waals surface area contributed by atoms with E-state index in [9.17, 15) is 9.18 Å². The van der Waals surface area contributed by atoms with Crippen LogP contribution in [-0.2, 0) is 4.79 Å². The fourth-order valence-electron chi connectivity index (χ4n) is 2.06. The monoisotopic (exact) mass is 353 g/mol. The van der Waals surface area contributed by atoms with Crippen LogP contribution in [0.1, 0.15) is 19.8 Å². The molecule has 0 spiro atoms. The number of carbonyl (C=O) groups excluding carboxylic acids is 1. The van der Waals surface area contributed by atoms with Crippen LogP contribution < -0.4 is 9.64 Å². The summed E-state index contributed by atoms with van der Waals surface area (Å²) in [6.07, 6.45) is 2.07. The zero-order chi connectivity index (χ0) is 16.2. The third-order valence-electron chi connectivity index (χ3n) is 3.24. The van der Waals surface area contributed by atoms with Crippen LogP contribution in [-0.4, -0.2) is 34.5 Å². The largest absolute Gasteiger partial charge is 0.493 e. The molecule has 2 aromatic rings. The number of halogens is 1. The Morgan fingerprint density at radius 2 is 2.13 bits per heavy atom. The maximum atomic E-state index is 12.8. The van der Waals surface area contributed by atoms with E-state index in [1.165, 1.54) is 35.2 Å². The third kappa shape index (κ3) is 4.42. The summed E-state index contributed by atoms with van der Waals surface area (Å²) in [4.78, 5) is 13.4. The lowest BCUT2D eigenvalue weighted by atomic mass is 10.3. The minimum Gasteiger partial charge on any atom is -0.493 e. The van der Waals surface area contributed by atoms with Gasteiger partial charge in [0.1, 0.15) is 11.6 Å². The second-order valence-corrected chi connectivity index (χ2v) is 7.42. The Morgan fingerprint density at radius 3 is 2.78 bits per heavy atom. The molecule has 1 fully saturated rings. The highest BCUT2D eigenvalue weighted by molar-refractivity contribution is 8.01. The number of aromatic nitrogens is 2. The fourth-order valence-corrected chi connectivity index (χ4v) is 3.90.